The van der Waals surface area contributed by atoms with Gasteiger partial charge in [-0.15, -0.1) is 0 Å². The van der Waals surface area contributed by atoms with Crippen molar-refractivity contribution < 1.29 is 9.21 Å². The van der Waals surface area contributed by atoms with Crippen LogP contribution in [0.1, 0.15) is 61.7 Å². The molecule has 0 fully saturated rings. The van der Waals surface area contributed by atoms with Gasteiger partial charge in [0.1, 0.15) is 0 Å². The minimum absolute atomic E-state index is 0.161. The highest BCUT2D eigenvalue weighted by atomic mass is 16.3. The lowest BCUT2D eigenvalue weighted by Crippen LogP contribution is -2.48. The third-order valence-electron chi connectivity index (χ3n) is 4.85. The monoisotopic (exact) mass is 339 g/mol. The van der Waals surface area contributed by atoms with Crippen LogP contribution in [0.4, 0.5) is 5.69 Å². The number of benzene rings is 1. The Bertz CT molecular complexity index is 778. The summed E-state index contributed by atoms with van der Waals surface area (Å²) in [5, 5.41) is 4.04. The molecule has 1 aromatic heterocycles. The first-order valence-electron chi connectivity index (χ1n) is 8.71. The zero-order valence-corrected chi connectivity index (χ0v) is 15.2. The molecule has 2 aromatic rings. The summed E-state index contributed by atoms with van der Waals surface area (Å²) < 4.78 is 5.04. The highest BCUT2D eigenvalue weighted by molar-refractivity contribution is 5.92. The van der Waals surface area contributed by atoms with Crippen LogP contribution in [-0.2, 0) is 0 Å². The smallest absolute Gasteiger partial charge is 0.307 e. The number of nitrogens with one attached hydrogen (secondary N) is 1. The summed E-state index contributed by atoms with van der Waals surface area (Å²) in [7, 11) is 0. The highest BCUT2D eigenvalue weighted by Crippen LogP contribution is 2.43. The van der Waals surface area contributed by atoms with Gasteiger partial charge in [-0.3, -0.25) is 4.79 Å². The number of nitrogens with zero attached hydrogens (tertiary/aromatic N) is 2. The van der Waals surface area contributed by atoms with Crippen molar-refractivity contribution in [3.05, 3.63) is 53.5 Å². The second-order valence-electron chi connectivity index (χ2n) is 7.16. The lowest BCUT2D eigenvalue weighted by molar-refractivity contribution is 0.0927. The Balaban J connectivity index is 1.78. The van der Waals surface area contributed by atoms with Gasteiger partial charge in [0.2, 0.25) is 0 Å². The molecule has 132 valence electrons. The number of carbonyl (C=O) groups excluding carboxylic acids is 1. The molecule has 1 N–H and O–H groups in total. The van der Waals surface area contributed by atoms with E-state index in [9.17, 15) is 4.79 Å². The topological polar surface area (TPSA) is 57.8 Å². The van der Waals surface area contributed by atoms with Crippen LogP contribution in [0, 0.1) is 0 Å². The summed E-state index contributed by atoms with van der Waals surface area (Å²) in [5.41, 5.74) is 6.25. The van der Waals surface area contributed by atoms with Gasteiger partial charge in [-0.2, -0.15) is 5.10 Å². The molecule has 0 saturated heterocycles. The Kier molecular flexibility index (Phi) is 4.66. The van der Waals surface area contributed by atoms with E-state index in [1.807, 2.05) is 6.07 Å². The standard InChI is InChI=1S/C20H25N3O2/c1-5-23-17-9-8-15(11-16(17)14(2)12-20(23,3)4)13-21-22-19(24)18-7-6-10-25-18/h6-11,13-14H,5,12H2,1-4H3,(H,22,24)/b21-13+/t14-/m0/s1. The van der Waals surface area contributed by atoms with E-state index in [0.717, 1.165) is 18.5 Å². The van der Waals surface area contributed by atoms with Crippen molar-refractivity contribution in [1.29, 1.82) is 0 Å². The van der Waals surface area contributed by atoms with Crippen LogP contribution < -0.4 is 10.3 Å². The fourth-order valence-electron chi connectivity index (χ4n) is 3.82. The van der Waals surface area contributed by atoms with Gasteiger partial charge >= 0.3 is 5.91 Å². The van der Waals surface area contributed by atoms with E-state index in [2.05, 4.69) is 55.3 Å². The Labute approximate surface area is 148 Å². The summed E-state index contributed by atoms with van der Waals surface area (Å²) in [6.07, 6.45) is 4.25. The number of amides is 1. The maximum absolute atomic E-state index is 11.8. The average Bonchev–Trinajstić information content (AvgIpc) is 3.09. The second kappa shape index (κ2) is 6.75. The van der Waals surface area contributed by atoms with E-state index in [1.165, 1.54) is 17.5 Å². The predicted octanol–water partition coefficient (Wildman–Crippen LogP) is 4.16. The Morgan fingerprint density at radius 3 is 2.92 bits per heavy atom. The average molecular weight is 339 g/mol. The predicted molar refractivity (Wildman–Crippen MR) is 100 cm³/mol. The zero-order chi connectivity index (χ0) is 18.0. The number of hydrazone groups is 1. The molecule has 0 spiro atoms. The van der Waals surface area contributed by atoms with E-state index in [4.69, 9.17) is 4.42 Å². The van der Waals surface area contributed by atoms with Crippen molar-refractivity contribution >= 4 is 17.8 Å². The van der Waals surface area contributed by atoms with Gasteiger partial charge in [0, 0.05) is 17.8 Å². The zero-order valence-electron chi connectivity index (χ0n) is 15.2. The van der Waals surface area contributed by atoms with E-state index < -0.39 is 0 Å². The molecule has 0 bridgehead atoms. The molecule has 5 heteroatoms. The number of furan rings is 1. The van der Waals surface area contributed by atoms with Crippen LogP contribution in [0.3, 0.4) is 0 Å². The largest absolute Gasteiger partial charge is 0.459 e. The van der Waals surface area contributed by atoms with E-state index in [1.54, 1.807) is 18.3 Å². The van der Waals surface area contributed by atoms with Crippen molar-refractivity contribution in [3.63, 3.8) is 0 Å². The lowest BCUT2D eigenvalue weighted by atomic mass is 9.79. The van der Waals surface area contributed by atoms with Crippen LogP contribution >= 0.6 is 0 Å². The van der Waals surface area contributed by atoms with Gasteiger partial charge in [0.25, 0.3) is 0 Å². The van der Waals surface area contributed by atoms with E-state index >= 15 is 0 Å². The molecule has 0 radical (unpaired) electrons. The number of fused-ring (bicyclic) bond motifs is 1. The number of carbonyl (C=O) groups is 1. The lowest BCUT2D eigenvalue weighted by Gasteiger charge is -2.47. The molecule has 1 aliphatic heterocycles. The summed E-state index contributed by atoms with van der Waals surface area (Å²) in [6, 6.07) is 9.64. The van der Waals surface area contributed by atoms with Crippen LogP contribution in [-0.4, -0.2) is 24.2 Å². The van der Waals surface area contributed by atoms with Crippen LogP contribution in [0.5, 0.6) is 0 Å². The second-order valence-corrected chi connectivity index (χ2v) is 7.16. The quantitative estimate of drug-likeness (QED) is 0.672. The van der Waals surface area contributed by atoms with Gasteiger partial charge in [-0.1, -0.05) is 13.0 Å². The van der Waals surface area contributed by atoms with Crippen molar-refractivity contribution in [3.8, 4) is 0 Å². The van der Waals surface area contributed by atoms with E-state index in [0.29, 0.717) is 5.92 Å². The molecular weight excluding hydrogens is 314 g/mol. The molecule has 0 unspecified atom stereocenters. The van der Waals surface area contributed by atoms with Crippen LogP contribution in [0.2, 0.25) is 0 Å². The Morgan fingerprint density at radius 1 is 1.44 bits per heavy atom. The molecule has 25 heavy (non-hydrogen) atoms. The fourth-order valence-corrected chi connectivity index (χ4v) is 3.82. The maximum Gasteiger partial charge on any atom is 0.307 e. The third kappa shape index (κ3) is 3.45. The molecular formula is C20H25N3O2. The molecule has 5 nitrogen and oxygen atoms in total. The van der Waals surface area contributed by atoms with Gasteiger partial charge < -0.3 is 9.32 Å². The third-order valence-corrected chi connectivity index (χ3v) is 4.85. The molecule has 0 aliphatic carbocycles. The molecule has 0 saturated carbocycles. The highest BCUT2D eigenvalue weighted by Gasteiger charge is 2.35. The SMILES string of the molecule is CCN1c2ccc(/C=N/NC(=O)c3ccco3)cc2[C@@H](C)CC1(C)C. The number of anilines is 1. The van der Waals surface area contributed by atoms with Crippen LogP contribution in [0.25, 0.3) is 0 Å². The van der Waals surface area contributed by atoms with Crippen molar-refractivity contribution in [1.82, 2.24) is 5.43 Å². The number of hydrogen-bond donors (Lipinski definition) is 1. The molecule has 1 aliphatic rings. The minimum Gasteiger partial charge on any atom is -0.459 e. The van der Waals surface area contributed by atoms with Gasteiger partial charge in [0.15, 0.2) is 5.76 Å². The minimum atomic E-state index is -0.355. The van der Waals surface area contributed by atoms with E-state index in [-0.39, 0.29) is 17.2 Å². The first-order valence-corrected chi connectivity index (χ1v) is 8.71. The fraction of sp³-hybridized carbons (Fsp3) is 0.400. The summed E-state index contributed by atoms with van der Waals surface area (Å²) in [4.78, 5) is 14.3. The Morgan fingerprint density at radius 2 is 2.24 bits per heavy atom. The summed E-state index contributed by atoms with van der Waals surface area (Å²) in [5.74, 6) is 0.377. The van der Waals surface area contributed by atoms with Crippen molar-refractivity contribution in [2.75, 3.05) is 11.4 Å². The number of rotatable bonds is 4. The molecule has 3 rings (SSSR count). The normalized spacial score (nSPS) is 19.0. The first-order chi connectivity index (χ1) is 11.9. The van der Waals surface area contributed by atoms with Crippen molar-refractivity contribution in [2.24, 2.45) is 5.10 Å². The Hall–Kier alpha value is -2.56. The summed E-state index contributed by atoms with van der Waals surface area (Å²) in [6.45, 7) is 10.1. The van der Waals surface area contributed by atoms with Crippen molar-refractivity contribution in [2.45, 2.75) is 45.6 Å². The molecule has 2 heterocycles. The van der Waals surface area contributed by atoms with Gasteiger partial charge in [0.05, 0.1) is 12.5 Å². The van der Waals surface area contributed by atoms with Crippen LogP contribution in [0.15, 0.2) is 46.1 Å². The molecule has 1 aromatic carbocycles. The van der Waals surface area contributed by atoms with Gasteiger partial charge in [-0.25, -0.2) is 5.43 Å². The first kappa shape index (κ1) is 17.3. The molecule has 1 amide bonds. The maximum atomic E-state index is 11.8. The van der Waals surface area contributed by atoms with Gasteiger partial charge in [-0.05, 0) is 68.5 Å². The molecule has 1 atom stereocenters. The number of hydrogen-bond acceptors (Lipinski definition) is 4. The summed E-state index contributed by atoms with van der Waals surface area (Å²) >= 11 is 0.